The van der Waals surface area contributed by atoms with Gasteiger partial charge >= 0.3 is 18.0 Å². The van der Waals surface area contributed by atoms with Crippen molar-refractivity contribution in [2.75, 3.05) is 52.1 Å². The topological polar surface area (TPSA) is 248 Å². The summed E-state index contributed by atoms with van der Waals surface area (Å²) < 4.78 is 6.69. The standard InChI is InChI=1S/C63H92N6O11S2/c1-36(44-20-21-45-43-19-17-40-32-41(70)23-24-62(40,7)46(43)34-51(71)63(44,45)8)14-12-27-64-48(58(75)76)15-10-11-26-65-52(72)16-13-28-69(31-30-68(9)29-25-61(5,6)53-39(4)54(73)37(2)38(3)55(53)74)60(79)80-42-18-22-47-50(33-42)82-57(66-47)56-67-49(35-81-56)59(77)78/h18,22,33,36,40-41,43-46,48-49,51,64,70-71H,10-17,19-21,23-32,34-35H2,1-9H3,(H,65,72)(H,75,76)(H,77,78)/t36-,40-,41-,43+,44-,45+,46+,48?,49?,51+,62+,63-/m1/s1. The molecule has 2 amide bonds. The molecule has 0 bridgehead atoms. The molecule has 0 radical (unpaired) electrons. The highest BCUT2D eigenvalue weighted by molar-refractivity contribution is 8.15. The van der Waals surface area contributed by atoms with Gasteiger partial charge in [-0.25, -0.2) is 14.6 Å². The molecule has 12 atom stereocenters. The number of ether oxygens (including phenoxy) is 1. The summed E-state index contributed by atoms with van der Waals surface area (Å²) in [5, 5.41) is 49.5. The zero-order valence-electron chi connectivity index (χ0n) is 50.0. The van der Waals surface area contributed by atoms with Gasteiger partial charge in [-0.1, -0.05) is 34.6 Å². The Morgan fingerprint density at radius 1 is 0.866 bits per heavy atom. The fraction of sp³-hybridized carbons (Fsp3) is 0.714. The van der Waals surface area contributed by atoms with Gasteiger partial charge in [0.1, 0.15) is 21.8 Å². The minimum atomic E-state index is -0.984. The van der Waals surface area contributed by atoms with E-state index in [0.717, 1.165) is 49.6 Å². The molecule has 4 saturated carbocycles. The van der Waals surface area contributed by atoms with Gasteiger partial charge in [-0.2, -0.15) is 0 Å². The molecule has 17 nitrogen and oxygen atoms in total. The molecule has 5 aliphatic carbocycles. The molecule has 1 aliphatic heterocycles. The Morgan fingerprint density at radius 3 is 2.35 bits per heavy atom. The minimum absolute atomic E-state index is 0.0984. The highest BCUT2D eigenvalue weighted by Crippen LogP contribution is 2.68. The number of carboxylic acid groups (broad SMARTS) is 2. The number of carboxylic acids is 2. The lowest BCUT2D eigenvalue weighted by molar-refractivity contribution is -0.174. The van der Waals surface area contributed by atoms with Gasteiger partial charge in [0.15, 0.2) is 17.6 Å². The number of aliphatic hydroxyl groups is 2. The van der Waals surface area contributed by atoms with Crippen LogP contribution in [0.3, 0.4) is 0 Å². The number of aliphatic hydroxyl groups excluding tert-OH is 2. The average Bonchev–Trinajstić information content (AvgIpc) is 2.32. The Labute approximate surface area is 493 Å². The van der Waals surface area contributed by atoms with E-state index < -0.39 is 35.5 Å². The molecule has 452 valence electrons. The van der Waals surface area contributed by atoms with E-state index in [2.05, 4.69) is 46.3 Å². The third-order valence-electron chi connectivity index (χ3n) is 20.8. The molecular formula is C63H92N6O11S2. The van der Waals surface area contributed by atoms with Gasteiger partial charge in [-0.15, -0.1) is 23.1 Å². The summed E-state index contributed by atoms with van der Waals surface area (Å²) in [7, 11) is 1.94. The zero-order valence-corrected chi connectivity index (χ0v) is 51.7. The average molecular weight is 1170 g/mol. The molecule has 0 spiro atoms. The van der Waals surface area contributed by atoms with E-state index in [1.807, 2.05) is 20.9 Å². The van der Waals surface area contributed by atoms with Crippen molar-refractivity contribution in [3.05, 3.63) is 45.5 Å². The van der Waals surface area contributed by atoms with Crippen molar-refractivity contribution in [2.24, 2.45) is 56.7 Å². The number of hydrogen-bond donors (Lipinski definition) is 6. The molecule has 8 rings (SSSR count). The molecule has 82 heavy (non-hydrogen) atoms. The maximum Gasteiger partial charge on any atom is 0.415 e. The van der Waals surface area contributed by atoms with E-state index in [1.54, 1.807) is 43.9 Å². The van der Waals surface area contributed by atoms with Gasteiger partial charge in [-0.3, -0.25) is 24.2 Å². The summed E-state index contributed by atoms with van der Waals surface area (Å²) >= 11 is 2.68. The Kier molecular flexibility index (Phi) is 20.8. The molecule has 4 fully saturated rings. The SMILES string of the molecule is CC1=C(C)C(=O)C(C(C)(C)CCN(C)CCN(CCCC(=O)NCCCCC(NCCC[C@@H](C)[C@H]2CC[C@H]3[C@@H]4CC[C@@H]5C[C@H](O)CC[C@]5(C)[C@H]4C[C@H](O)[C@]23C)C(=O)O)C(=O)Oc2ccc3nc(C4=NC(C(=O)O)CS4)sc3c2)=C(C)C1=O. The van der Waals surface area contributed by atoms with Crippen LogP contribution in [0.15, 0.2) is 45.5 Å². The summed E-state index contributed by atoms with van der Waals surface area (Å²) in [6.07, 6.45) is 11.9. The number of aliphatic imine (C=N–C) groups is 1. The smallest absolute Gasteiger partial charge is 0.415 e. The minimum Gasteiger partial charge on any atom is -0.480 e. The monoisotopic (exact) mass is 1170 g/mol. The number of allylic oxidation sites excluding steroid dienone is 4. The summed E-state index contributed by atoms with van der Waals surface area (Å²) in [5.41, 5.74) is 2.16. The molecule has 2 unspecified atom stereocenters. The number of Topliss-reactive ketones (excluding diaryl/α,β-unsaturated/α-hetero) is 2. The Morgan fingerprint density at radius 2 is 1.62 bits per heavy atom. The van der Waals surface area contributed by atoms with Gasteiger partial charge in [-0.05, 0) is 201 Å². The van der Waals surface area contributed by atoms with Gasteiger partial charge in [0, 0.05) is 66.7 Å². The van der Waals surface area contributed by atoms with Crippen LogP contribution in [-0.4, -0.2) is 152 Å². The van der Waals surface area contributed by atoms with E-state index in [0.29, 0.717) is 143 Å². The number of nitrogens with zero attached hydrogens (tertiary/aromatic N) is 4. The van der Waals surface area contributed by atoms with Crippen LogP contribution >= 0.6 is 23.1 Å². The van der Waals surface area contributed by atoms with Crippen molar-refractivity contribution in [3.63, 3.8) is 0 Å². The molecule has 0 saturated heterocycles. The highest BCUT2D eigenvalue weighted by atomic mass is 32.2. The number of carbonyl (C=O) groups is 6. The van der Waals surface area contributed by atoms with E-state index in [-0.39, 0.29) is 60.0 Å². The number of nitrogens with one attached hydrogen (secondary N) is 2. The van der Waals surface area contributed by atoms with Crippen LogP contribution in [0.4, 0.5) is 4.79 Å². The van der Waals surface area contributed by atoms with E-state index >= 15 is 0 Å². The maximum atomic E-state index is 14.0. The normalized spacial score (nSPS) is 29.1. The highest BCUT2D eigenvalue weighted by Gasteiger charge is 2.63. The van der Waals surface area contributed by atoms with Crippen molar-refractivity contribution < 1.29 is 53.9 Å². The summed E-state index contributed by atoms with van der Waals surface area (Å²) in [4.78, 5) is 90.0. The molecule has 1 aromatic carbocycles. The molecular weight excluding hydrogens is 1080 g/mol. The van der Waals surface area contributed by atoms with Crippen LogP contribution in [0.25, 0.3) is 10.2 Å². The lowest BCUT2D eigenvalue weighted by atomic mass is 9.43. The summed E-state index contributed by atoms with van der Waals surface area (Å²) in [5.74, 6) is 1.50. The van der Waals surface area contributed by atoms with Gasteiger partial charge < -0.3 is 45.6 Å². The fourth-order valence-corrected chi connectivity index (χ4v) is 17.7. The van der Waals surface area contributed by atoms with Crippen molar-refractivity contribution in [1.82, 2.24) is 25.4 Å². The first-order valence-corrected chi connectivity index (χ1v) is 32.2. The number of amides is 2. The number of rotatable bonds is 26. The van der Waals surface area contributed by atoms with Crippen LogP contribution in [0.5, 0.6) is 5.75 Å². The third kappa shape index (κ3) is 13.9. The first-order chi connectivity index (χ1) is 38.8. The number of thioether (sulfide) groups is 1. The molecule has 2 aromatic rings. The molecule has 6 N–H and O–H groups in total. The number of thiazole rings is 1. The number of aromatic nitrogens is 1. The van der Waals surface area contributed by atoms with Crippen LogP contribution < -0.4 is 15.4 Å². The summed E-state index contributed by atoms with van der Waals surface area (Å²) in [6, 6.07) is 3.62. The Balaban J connectivity index is 0.779. The number of unbranched alkanes of at least 4 members (excludes halogenated alkanes) is 1. The Hall–Kier alpha value is -4.53. The predicted octanol–water partition coefficient (Wildman–Crippen LogP) is 9.71. The lowest BCUT2D eigenvalue weighted by Crippen LogP contribution is -2.58. The predicted molar refractivity (Wildman–Crippen MR) is 321 cm³/mol. The van der Waals surface area contributed by atoms with Crippen LogP contribution in [0, 0.1) is 51.8 Å². The number of carbonyl (C=O) groups excluding carboxylic acids is 4. The third-order valence-corrected chi connectivity index (χ3v) is 23.0. The first kappa shape index (κ1) is 63.5. The largest absolute Gasteiger partial charge is 0.480 e. The second-order valence-corrected chi connectivity index (χ2v) is 28.3. The zero-order chi connectivity index (χ0) is 59.4. The number of ketones is 2. The lowest BCUT2D eigenvalue weighted by Gasteiger charge is -2.62. The second-order valence-electron chi connectivity index (χ2n) is 26.2. The van der Waals surface area contributed by atoms with Gasteiger partial charge in [0.2, 0.25) is 5.91 Å². The van der Waals surface area contributed by atoms with Crippen molar-refractivity contribution in [3.8, 4) is 5.75 Å². The summed E-state index contributed by atoms with van der Waals surface area (Å²) in [6.45, 7) is 18.8. The number of likely N-dealkylation sites (N-methyl/N-ethyl adjacent to an activating group) is 1. The molecule has 1 aromatic heterocycles. The fourth-order valence-electron chi connectivity index (χ4n) is 15.6. The van der Waals surface area contributed by atoms with Crippen molar-refractivity contribution in [1.29, 1.82) is 0 Å². The van der Waals surface area contributed by atoms with E-state index in [9.17, 15) is 49.2 Å². The number of benzene rings is 1. The van der Waals surface area contributed by atoms with Gasteiger partial charge in [0.25, 0.3) is 0 Å². The Bertz CT molecular complexity index is 2810. The first-order valence-electron chi connectivity index (χ1n) is 30.4. The number of hydrogen-bond acceptors (Lipinski definition) is 15. The quantitative estimate of drug-likeness (QED) is 0.0379. The van der Waals surface area contributed by atoms with Crippen LogP contribution in [0.2, 0.25) is 0 Å². The number of fused-ring (bicyclic) bond motifs is 6. The molecule has 6 aliphatic rings. The van der Waals surface area contributed by atoms with Crippen molar-refractivity contribution >= 4 is 73.9 Å². The van der Waals surface area contributed by atoms with Crippen LogP contribution in [-0.2, 0) is 24.0 Å². The maximum absolute atomic E-state index is 14.0. The number of aliphatic carboxylic acids is 2. The van der Waals surface area contributed by atoms with Crippen LogP contribution in [0.1, 0.15) is 163 Å². The molecule has 19 heteroatoms. The second kappa shape index (κ2) is 26.8. The van der Waals surface area contributed by atoms with E-state index in [4.69, 9.17) is 4.74 Å². The van der Waals surface area contributed by atoms with Gasteiger partial charge in [0.05, 0.1) is 22.4 Å². The van der Waals surface area contributed by atoms with Crippen molar-refractivity contribution in [2.45, 2.75) is 182 Å². The van der Waals surface area contributed by atoms with E-state index in [1.165, 1.54) is 42.4 Å². The molecule has 2 heterocycles.